The monoisotopic (exact) mass is 685 g/mol. The number of aliphatic carboxylic acids is 4. The van der Waals surface area contributed by atoms with Gasteiger partial charge in [-0.05, 0) is 75.8 Å². The Morgan fingerprint density at radius 1 is 0.490 bits per heavy atom. The van der Waals surface area contributed by atoms with Crippen molar-refractivity contribution < 1.29 is 39.6 Å². The molecule has 0 aromatic heterocycles. The average Bonchev–Trinajstić information content (AvgIpc) is 3.10. The van der Waals surface area contributed by atoms with Crippen molar-refractivity contribution in [3.8, 4) is 0 Å². The molecule has 9 nitrogen and oxygen atoms in total. The van der Waals surface area contributed by atoms with Gasteiger partial charge >= 0.3 is 23.9 Å². The lowest BCUT2D eigenvalue weighted by molar-refractivity contribution is -0.167. The van der Waals surface area contributed by atoms with E-state index >= 15 is 0 Å². The van der Waals surface area contributed by atoms with E-state index in [9.17, 15) is 39.6 Å². The Bertz CT molecular complexity index is 1940. The summed E-state index contributed by atoms with van der Waals surface area (Å²) >= 11 is 0. The number of hydrogen-bond acceptors (Lipinski definition) is 5. The normalized spacial score (nSPS) is 11.4. The summed E-state index contributed by atoms with van der Waals surface area (Å²) in [5, 5.41) is 42.9. The minimum Gasteiger partial charge on any atom is -0.481 e. The predicted octanol–water partition coefficient (Wildman–Crippen LogP) is 5.97. The summed E-state index contributed by atoms with van der Waals surface area (Å²) in [4.78, 5) is 53.0. The van der Waals surface area contributed by atoms with E-state index in [4.69, 9.17) is 5.73 Å². The lowest BCUT2D eigenvalue weighted by atomic mass is 9.57. The zero-order chi connectivity index (χ0) is 36.5. The molecule has 6 N–H and O–H groups in total. The van der Waals surface area contributed by atoms with Crippen LogP contribution in [0, 0.1) is 11.8 Å². The van der Waals surface area contributed by atoms with Crippen LogP contribution in [0.5, 0.6) is 0 Å². The molecule has 0 heterocycles. The van der Waals surface area contributed by atoms with Crippen LogP contribution in [-0.2, 0) is 56.8 Å². The van der Waals surface area contributed by atoms with Gasteiger partial charge in [0.1, 0.15) is 0 Å². The van der Waals surface area contributed by atoms with Gasteiger partial charge in [-0.2, -0.15) is 0 Å². The number of nitrogens with two attached hydrogens (primary N) is 1. The first kappa shape index (κ1) is 36.2. The van der Waals surface area contributed by atoms with E-state index in [1.54, 1.807) is 36.4 Å². The topological polar surface area (TPSA) is 175 Å². The van der Waals surface area contributed by atoms with Crippen molar-refractivity contribution in [1.29, 1.82) is 0 Å². The lowest BCUT2D eigenvalue weighted by Crippen LogP contribution is -2.56. The maximum atomic E-state index is 13.3. The Kier molecular flexibility index (Phi) is 11.4. The molecule has 0 saturated heterocycles. The third kappa shape index (κ3) is 7.90. The van der Waals surface area contributed by atoms with E-state index in [1.807, 2.05) is 91.0 Å². The maximum absolute atomic E-state index is 13.3. The lowest BCUT2D eigenvalue weighted by Gasteiger charge is -2.42. The summed E-state index contributed by atoms with van der Waals surface area (Å²) in [5.41, 5.74) is 9.38. The Morgan fingerprint density at radius 2 is 0.843 bits per heavy atom. The van der Waals surface area contributed by atoms with E-state index in [-0.39, 0.29) is 31.4 Å². The first-order chi connectivity index (χ1) is 24.6. The van der Waals surface area contributed by atoms with Crippen molar-refractivity contribution in [2.24, 2.45) is 17.6 Å². The van der Waals surface area contributed by atoms with Gasteiger partial charge in [-0.25, -0.2) is 0 Å². The van der Waals surface area contributed by atoms with Gasteiger partial charge < -0.3 is 26.2 Å². The fourth-order valence-electron chi connectivity index (χ4n) is 7.35. The number of carbonyl (C=O) groups is 4. The Hall–Kier alpha value is -6.06. The summed E-state index contributed by atoms with van der Waals surface area (Å²) in [5.74, 6) is -12.4. The SMILES string of the molecule is NCc1c(Cc2ccccc2)cc(C(Cc2ccccc2)(C(C(=O)O)C(=O)O)C(C(=O)O)C(=O)O)c(Cc2ccccc2)c1Cc1ccccc1. The molecular formula is C42H39NO8. The Balaban J connectivity index is 2.03. The number of benzene rings is 5. The smallest absolute Gasteiger partial charge is 0.318 e. The molecule has 0 saturated carbocycles. The fraction of sp³-hybridized carbons (Fsp3) is 0.190. The van der Waals surface area contributed by atoms with Gasteiger partial charge in [0.15, 0.2) is 11.8 Å². The number of carboxylic acids is 4. The summed E-state index contributed by atoms with van der Waals surface area (Å²) in [6.45, 7) is 0.0562. The average molecular weight is 686 g/mol. The standard InChI is InChI=1S/C42H39NO8/c43-26-34-31(21-27-13-5-1-6-14-27)24-35(33(23-29-17-9-3-10-18-29)32(34)22-28-15-7-2-8-16-28)42(36(38(44)45)39(46)47,37(40(48)49)41(50)51)25-30-19-11-4-12-20-30/h1-20,24,36-37H,21-23,25-26,43H2,(H,44,45)(H,46,47)(H,48,49)(H,50,51). The molecular weight excluding hydrogens is 646 g/mol. The zero-order valence-corrected chi connectivity index (χ0v) is 27.8. The maximum Gasteiger partial charge on any atom is 0.318 e. The highest BCUT2D eigenvalue weighted by atomic mass is 16.4. The van der Waals surface area contributed by atoms with Crippen molar-refractivity contribution in [3.63, 3.8) is 0 Å². The van der Waals surface area contributed by atoms with Crippen LogP contribution in [0.1, 0.15) is 50.1 Å². The molecule has 5 rings (SSSR count). The van der Waals surface area contributed by atoms with Crippen LogP contribution in [0.2, 0.25) is 0 Å². The van der Waals surface area contributed by atoms with Crippen molar-refractivity contribution in [3.05, 3.63) is 177 Å². The molecule has 0 unspecified atom stereocenters. The van der Waals surface area contributed by atoms with Crippen LogP contribution in [0.4, 0.5) is 0 Å². The molecule has 260 valence electrons. The molecule has 0 amide bonds. The van der Waals surface area contributed by atoms with Gasteiger partial charge in [0.05, 0.1) is 0 Å². The minimum absolute atomic E-state index is 0.0360. The van der Waals surface area contributed by atoms with Crippen LogP contribution < -0.4 is 5.73 Å². The fourth-order valence-corrected chi connectivity index (χ4v) is 7.35. The number of rotatable bonds is 16. The Morgan fingerprint density at radius 3 is 1.22 bits per heavy atom. The first-order valence-electron chi connectivity index (χ1n) is 16.5. The van der Waals surface area contributed by atoms with E-state index in [0.717, 1.165) is 22.3 Å². The number of carboxylic acid groups (broad SMARTS) is 4. The highest BCUT2D eigenvalue weighted by Gasteiger charge is 2.60. The second kappa shape index (κ2) is 16.1. The van der Waals surface area contributed by atoms with Crippen LogP contribution >= 0.6 is 0 Å². The summed E-state index contributed by atoms with van der Waals surface area (Å²) in [6, 6.07) is 37.9. The minimum atomic E-state index is -2.54. The molecule has 0 bridgehead atoms. The van der Waals surface area contributed by atoms with Crippen molar-refractivity contribution in [1.82, 2.24) is 0 Å². The second-order valence-corrected chi connectivity index (χ2v) is 12.6. The zero-order valence-electron chi connectivity index (χ0n) is 27.8. The van der Waals surface area contributed by atoms with Crippen molar-refractivity contribution in [2.75, 3.05) is 0 Å². The molecule has 5 aromatic carbocycles. The van der Waals surface area contributed by atoms with Gasteiger partial charge in [0.2, 0.25) is 0 Å². The molecule has 0 atom stereocenters. The van der Waals surface area contributed by atoms with Gasteiger partial charge in [-0.3, -0.25) is 19.2 Å². The van der Waals surface area contributed by atoms with Crippen LogP contribution in [0.25, 0.3) is 0 Å². The van der Waals surface area contributed by atoms with Gasteiger partial charge in [0.25, 0.3) is 0 Å². The molecule has 9 heteroatoms. The van der Waals surface area contributed by atoms with Crippen molar-refractivity contribution in [2.45, 2.75) is 37.6 Å². The summed E-state index contributed by atoms with van der Waals surface area (Å²) < 4.78 is 0. The highest BCUT2D eigenvalue weighted by Crippen LogP contribution is 2.48. The first-order valence-corrected chi connectivity index (χ1v) is 16.5. The molecule has 51 heavy (non-hydrogen) atoms. The van der Waals surface area contributed by atoms with Crippen molar-refractivity contribution >= 4 is 23.9 Å². The van der Waals surface area contributed by atoms with Gasteiger partial charge in [-0.1, -0.05) is 127 Å². The second-order valence-electron chi connectivity index (χ2n) is 12.6. The third-order valence-corrected chi connectivity index (χ3v) is 9.51. The third-order valence-electron chi connectivity index (χ3n) is 9.51. The molecule has 0 radical (unpaired) electrons. The molecule has 0 spiro atoms. The largest absolute Gasteiger partial charge is 0.481 e. The molecule has 0 fully saturated rings. The molecule has 0 aliphatic carbocycles. The molecule has 0 aliphatic rings. The van der Waals surface area contributed by atoms with E-state index in [2.05, 4.69) is 0 Å². The van der Waals surface area contributed by atoms with Crippen LogP contribution in [-0.4, -0.2) is 44.3 Å². The molecule has 5 aromatic rings. The highest BCUT2D eigenvalue weighted by molar-refractivity contribution is 6.01. The van der Waals surface area contributed by atoms with E-state index in [0.29, 0.717) is 22.3 Å². The molecule has 0 aliphatic heterocycles. The van der Waals surface area contributed by atoms with E-state index in [1.165, 1.54) is 0 Å². The van der Waals surface area contributed by atoms with Crippen LogP contribution in [0.15, 0.2) is 127 Å². The van der Waals surface area contributed by atoms with E-state index < -0.39 is 47.5 Å². The predicted molar refractivity (Wildman–Crippen MR) is 191 cm³/mol. The van der Waals surface area contributed by atoms with Gasteiger partial charge in [0, 0.05) is 12.0 Å². The van der Waals surface area contributed by atoms with Crippen LogP contribution in [0.3, 0.4) is 0 Å². The quantitative estimate of drug-likeness (QED) is 0.0784. The summed E-state index contributed by atoms with van der Waals surface area (Å²) in [6.07, 6.45) is 0.165. The van der Waals surface area contributed by atoms with Gasteiger partial charge in [-0.15, -0.1) is 0 Å². The Labute approximate surface area is 295 Å². The summed E-state index contributed by atoms with van der Waals surface area (Å²) in [7, 11) is 0. The number of hydrogen-bond donors (Lipinski definition) is 5.